The van der Waals surface area contributed by atoms with E-state index in [1.807, 2.05) is 0 Å². The molecule has 1 rings (SSSR count). The second kappa shape index (κ2) is 2.22. The fraction of sp³-hybridized carbons (Fsp3) is 0.200. The highest BCUT2D eigenvalue weighted by molar-refractivity contribution is 7.09. The lowest BCUT2D eigenvalue weighted by Gasteiger charge is -1.86. The first kappa shape index (κ1) is 5.69. The highest BCUT2D eigenvalue weighted by Gasteiger charge is 2.05. The van der Waals surface area contributed by atoms with E-state index in [0.717, 1.165) is 11.3 Å². The van der Waals surface area contributed by atoms with Gasteiger partial charge in [0.15, 0.2) is 0 Å². The molecule has 1 heterocycles. The predicted molar refractivity (Wildman–Crippen MR) is 28.1 cm³/mol. The molecule has 1 aromatic rings. The van der Waals surface area contributed by atoms with Crippen molar-refractivity contribution < 1.29 is 8.78 Å². The number of hydrogen-bond donors (Lipinski definition) is 0. The van der Waals surface area contributed by atoms with Crippen LogP contribution in [0.3, 0.4) is 0 Å². The Balaban J connectivity index is 2.77. The van der Waals surface area contributed by atoms with Crippen LogP contribution in [0.25, 0.3) is 0 Å². The topological polar surface area (TPSA) is 0 Å². The summed E-state index contributed by atoms with van der Waals surface area (Å²) in [5.74, 6) is 0. The van der Waals surface area contributed by atoms with Crippen LogP contribution in [0.2, 0.25) is 0 Å². The summed E-state index contributed by atoms with van der Waals surface area (Å²) < 4.78 is 23.2. The Bertz CT molecular complexity index is 145. The van der Waals surface area contributed by atoms with E-state index in [2.05, 4.69) is 6.07 Å². The van der Waals surface area contributed by atoms with Crippen molar-refractivity contribution in [1.82, 2.24) is 0 Å². The molecule has 0 saturated heterocycles. The van der Waals surface area contributed by atoms with Gasteiger partial charge in [0, 0.05) is 6.07 Å². The van der Waals surface area contributed by atoms with Gasteiger partial charge in [-0.15, -0.1) is 11.3 Å². The van der Waals surface area contributed by atoms with Crippen molar-refractivity contribution in [3.05, 3.63) is 22.4 Å². The Morgan fingerprint density at radius 1 is 1.62 bits per heavy atom. The first-order chi connectivity index (χ1) is 3.80. The Labute approximate surface area is 49.8 Å². The first-order valence-corrected chi connectivity index (χ1v) is 2.92. The van der Waals surface area contributed by atoms with Gasteiger partial charge in [0.2, 0.25) is 0 Å². The SMILES string of the molecule is FC(F)c1[c]ccs1. The molecule has 0 aliphatic rings. The third-order valence-electron chi connectivity index (χ3n) is 0.687. The Hall–Kier alpha value is -0.440. The van der Waals surface area contributed by atoms with Gasteiger partial charge in [0.1, 0.15) is 0 Å². The molecule has 0 amide bonds. The van der Waals surface area contributed by atoms with Gasteiger partial charge in [-0.05, 0) is 11.4 Å². The van der Waals surface area contributed by atoms with E-state index in [4.69, 9.17) is 0 Å². The maximum absolute atomic E-state index is 11.6. The maximum atomic E-state index is 11.6. The van der Waals surface area contributed by atoms with Gasteiger partial charge in [0.05, 0.1) is 4.88 Å². The van der Waals surface area contributed by atoms with Crippen molar-refractivity contribution in [2.75, 3.05) is 0 Å². The lowest BCUT2D eigenvalue weighted by atomic mass is 10.5. The second-order valence-electron chi connectivity index (χ2n) is 1.23. The van der Waals surface area contributed by atoms with Gasteiger partial charge in [-0.2, -0.15) is 0 Å². The second-order valence-corrected chi connectivity index (χ2v) is 2.18. The molecule has 0 unspecified atom stereocenters. The van der Waals surface area contributed by atoms with Crippen LogP contribution in [-0.4, -0.2) is 0 Å². The Morgan fingerprint density at radius 3 is 2.62 bits per heavy atom. The van der Waals surface area contributed by atoms with E-state index < -0.39 is 6.43 Å². The molecule has 8 heavy (non-hydrogen) atoms. The zero-order chi connectivity index (χ0) is 5.98. The number of alkyl halides is 2. The van der Waals surface area contributed by atoms with E-state index in [-0.39, 0.29) is 4.88 Å². The van der Waals surface area contributed by atoms with Crippen molar-refractivity contribution in [1.29, 1.82) is 0 Å². The van der Waals surface area contributed by atoms with Gasteiger partial charge >= 0.3 is 0 Å². The van der Waals surface area contributed by atoms with E-state index in [0.29, 0.717) is 0 Å². The summed E-state index contributed by atoms with van der Waals surface area (Å²) >= 11 is 1.03. The van der Waals surface area contributed by atoms with Crippen LogP contribution < -0.4 is 0 Å². The molecule has 0 fully saturated rings. The minimum atomic E-state index is -2.35. The third kappa shape index (κ3) is 1.04. The van der Waals surface area contributed by atoms with E-state index in [9.17, 15) is 8.78 Å². The molecule has 0 aromatic carbocycles. The minimum absolute atomic E-state index is 0.0185. The van der Waals surface area contributed by atoms with Crippen molar-refractivity contribution in [2.45, 2.75) is 6.43 Å². The molecule has 0 spiro atoms. The average Bonchev–Trinajstić information content (AvgIpc) is 2.12. The van der Waals surface area contributed by atoms with Gasteiger partial charge in [-0.1, -0.05) is 0 Å². The van der Waals surface area contributed by atoms with Crippen molar-refractivity contribution in [3.63, 3.8) is 0 Å². The van der Waals surface area contributed by atoms with Crippen LogP contribution in [0.4, 0.5) is 8.78 Å². The summed E-state index contributed by atoms with van der Waals surface area (Å²) in [5, 5.41) is 1.58. The standard InChI is InChI=1S/C5H3F2S/c6-5(7)4-2-1-3-8-4/h1,3,5H. The highest BCUT2D eigenvalue weighted by Crippen LogP contribution is 2.21. The number of thiophene rings is 1. The normalized spacial score (nSPS) is 10.4. The molecule has 1 aromatic heterocycles. The van der Waals surface area contributed by atoms with E-state index in [1.54, 1.807) is 5.38 Å². The maximum Gasteiger partial charge on any atom is 0.273 e. The van der Waals surface area contributed by atoms with Gasteiger partial charge in [-0.25, -0.2) is 8.78 Å². The molecular formula is C5H3F2S. The lowest BCUT2D eigenvalue weighted by molar-refractivity contribution is 0.155. The van der Waals surface area contributed by atoms with Crippen LogP contribution in [0.5, 0.6) is 0 Å². The zero-order valence-corrected chi connectivity index (χ0v) is 4.71. The van der Waals surface area contributed by atoms with Crippen molar-refractivity contribution in [2.24, 2.45) is 0 Å². The summed E-state index contributed by atoms with van der Waals surface area (Å²) in [5.41, 5.74) is 0. The van der Waals surface area contributed by atoms with Crippen molar-refractivity contribution in [3.8, 4) is 0 Å². The minimum Gasteiger partial charge on any atom is -0.204 e. The van der Waals surface area contributed by atoms with Crippen LogP contribution in [0.1, 0.15) is 11.3 Å². The van der Waals surface area contributed by atoms with E-state index >= 15 is 0 Å². The van der Waals surface area contributed by atoms with Gasteiger partial charge < -0.3 is 0 Å². The van der Waals surface area contributed by atoms with Crippen LogP contribution in [-0.2, 0) is 0 Å². The summed E-state index contributed by atoms with van der Waals surface area (Å²) in [4.78, 5) is 0.0185. The lowest BCUT2D eigenvalue weighted by Crippen LogP contribution is -1.72. The number of rotatable bonds is 1. The monoisotopic (exact) mass is 133 g/mol. The van der Waals surface area contributed by atoms with Crippen LogP contribution >= 0.6 is 11.3 Å². The predicted octanol–water partition coefficient (Wildman–Crippen LogP) is 2.49. The molecule has 0 atom stereocenters. The quantitative estimate of drug-likeness (QED) is 0.552. The van der Waals surface area contributed by atoms with E-state index in [1.165, 1.54) is 6.07 Å². The molecule has 43 valence electrons. The summed E-state index contributed by atoms with van der Waals surface area (Å²) in [6.07, 6.45) is -2.35. The molecule has 0 aliphatic heterocycles. The molecule has 3 heteroatoms. The fourth-order valence-electron chi connectivity index (χ4n) is 0.372. The zero-order valence-electron chi connectivity index (χ0n) is 3.90. The molecule has 0 N–H and O–H groups in total. The number of hydrogen-bond acceptors (Lipinski definition) is 1. The summed E-state index contributed by atoms with van der Waals surface area (Å²) in [7, 11) is 0. The smallest absolute Gasteiger partial charge is 0.204 e. The summed E-state index contributed by atoms with van der Waals surface area (Å²) in [6, 6.07) is 3.90. The van der Waals surface area contributed by atoms with Gasteiger partial charge in [-0.3, -0.25) is 0 Å². The van der Waals surface area contributed by atoms with Crippen LogP contribution in [0, 0.1) is 6.07 Å². The number of halogens is 2. The van der Waals surface area contributed by atoms with Crippen LogP contribution in [0.15, 0.2) is 11.4 Å². The average molecular weight is 133 g/mol. The molecule has 1 radical (unpaired) electrons. The molecular weight excluding hydrogens is 130 g/mol. The fourth-order valence-corrected chi connectivity index (χ4v) is 0.894. The van der Waals surface area contributed by atoms with Gasteiger partial charge in [0.25, 0.3) is 6.43 Å². The molecule has 0 aliphatic carbocycles. The molecule has 0 bridgehead atoms. The highest BCUT2D eigenvalue weighted by atomic mass is 32.1. The first-order valence-electron chi connectivity index (χ1n) is 2.04. The van der Waals surface area contributed by atoms with Crippen molar-refractivity contribution >= 4 is 11.3 Å². The largest absolute Gasteiger partial charge is 0.273 e. The molecule has 0 saturated carbocycles. The summed E-state index contributed by atoms with van der Waals surface area (Å²) in [6.45, 7) is 0. The molecule has 0 nitrogen and oxygen atoms in total. The Kier molecular flexibility index (Phi) is 1.58. The Morgan fingerprint density at radius 2 is 2.38 bits per heavy atom. The third-order valence-corrected chi connectivity index (χ3v) is 1.51.